The van der Waals surface area contributed by atoms with Gasteiger partial charge >= 0.3 is 5.97 Å². The summed E-state index contributed by atoms with van der Waals surface area (Å²) in [5.41, 5.74) is 1.52. The molecule has 0 spiro atoms. The molecule has 0 radical (unpaired) electrons. The van der Waals surface area contributed by atoms with Gasteiger partial charge in [-0.3, -0.25) is 0 Å². The first-order valence-corrected chi connectivity index (χ1v) is 5.61. The van der Waals surface area contributed by atoms with Crippen LogP contribution >= 0.6 is 0 Å². The van der Waals surface area contributed by atoms with Crippen molar-refractivity contribution in [2.75, 3.05) is 7.11 Å². The van der Waals surface area contributed by atoms with Crippen LogP contribution < -0.4 is 0 Å². The molecule has 0 aliphatic rings. The molecule has 0 amide bonds. The van der Waals surface area contributed by atoms with Crippen LogP contribution in [0.15, 0.2) is 30.3 Å². The van der Waals surface area contributed by atoms with Crippen LogP contribution in [-0.4, -0.2) is 34.0 Å². The first-order valence-electron chi connectivity index (χ1n) is 5.61. The van der Waals surface area contributed by atoms with Crippen molar-refractivity contribution in [2.45, 2.75) is 19.3 Å². The van der Waals surface area contributed by atoms with Crippen molar-refractivity contribution >= 4 is 16.9 Å². The molecular weight excluding hydrogens is 234 g/mol. The molecule has 2 aromatic rings. The van der Waals surface area contributed by atoms with Crippen LogP contribution in [0.5, 0.6) is 0 Å². The minimum Gasteiger partial charge on any atom is -0.467 e. The van der Waals surface area contributed by atoms with E-state index in [0.29, 0.717) is 5.69 Å². The molecule has 0 aliphatic heterocycles. The maximum absolute atomic E-state index is 11.2. The highest BCUT2D eigenvalue weighted by atomic mass is 16.5. The minimum absolute atomic E-state index is 0.0656. The fourth-order valence-electron chi connectivity index (χ4n) is 2.00. The van der Waals surface area contributed by atoms with Crippen LogP contribution in [0.4, 0.5) is 0 Å². The van der Waals surface area contributed by atoms with Crippen molar-refractivity contribution in [3.8, 4) is 0 Å². The molecule has 1 unspecified atom stereocenters. The molecule has 1 aromatic heterocycles. The Hall–Kier alpha value is -1.85. The Balaban J connectivity index is 2.39. The Morgan fingerprint density at radius 1 is 1.44 bits per heavy atom. The van der Waals surface area contributed by atoms with Gasteiger partial charge in [0.2, 0.25) is 0 Å². The van der Waals surface area contributed by atoms with Gasteiger partial charge in [0.1, 0.15) is 0 Å². The molecular formula is C13H15NO4. The Morgan fingerprint density at radius 2 is 2.17 bits per heavy atom. The van der Waals surface area contributed by atoms with Gasteiger partial charge in [0.15, 0.2) is 6.10 Å². The zero-order valence-corrected chi connectivity index (χ0v) is 10.0. The maximum atomic E-state index is 11.2. The van der Waals surface area contributed by atoms with Gasteiger partial charge in [0, 0.05) is 11.2 Å². The highest BCUT2D eigenvalue weighted by molar-refractivity contribution is 5.81. The summed E-state index contributed by atoms with van der Waals surface area (Å²) in [4.78, 5) is 11.2. The number of hydrogen-bond acceptors (Lipinski definition) is 4. The molecule has 0 saturated heterocycles. The van der Waals surface area contributed by atoms with E-state index in [-0.39, 0.29) is 13.2 Å². The summed E-state index contributed by atoms with van der Waals surface area (Å²) in [5.74, 6) is -0.684. The fraction of sp³-hybridized carbons (Fsp3) is 0.308. The van der Waals surface area contributed by atoms with E-state index < -0.39 is 12.1 Å². The van der Waals surface area contributed by atoms with E-state index >= 15 is 0 Å². The molecule has 2 N–H and O–H groups in total. The monoisotopic (exact) mass is 249 g/mol. The van der Waals surface area contributed by atoms with Gasteiger partial charge in [-0.15, -0.1) is 0 Å². The lowest BCUT2D eigenvalue weighted by molar-refractivity contribution is -0.151. The predicted molar refractivity (Wildman–Crippen MR) is 65.9 cm³/mol. The Bertz CT molecular complexity index is 561. The number of aliphatic hydroxyl groups is 2. The summed E-state index contributed by atoms with van der Waals surface area (Å²) in [6.07, 6.45) is -1.24. The van der Waals surface area contributed by atoms with Gasteiger partial charge in [0.05, 0.1) is 20.3 Å². The third kappa shape index (κ3) is 2.23. The quantitative estimate of drug-likeness (QED) is 0.781. The molecule has 0 fully saturated rings. The second-order valence-electron chi connectivity index (χ2n) is 4.00. The number of methoxy groups -OCH3 is 1. The van der Waals surface area contributed by atoms with Crippen LogP contribution in [0.3, 0.4) is 0 Å². The van der Waals surface area contributed by atoms with Gasteiger partial charge in [-0.1, -0.05) is 18.2 Å². The number of hydrogen-bond donors (Lipinski definition) is 2. The van der Waals surface area contributed by atoms with Gasteiger partial charge in [-0.25, -0.2) is 4.79 Å². The third-order valence-corrected chi connectivity index (χ3v) is 2.89. The standard InChI is InChI=1S/C13H15NO4/c1-18-13(17)12(16)7-14-10(8-15)6-9-4-2-3-5-11(9)14/h2-6,12,15-16H,7-8H2,1H3. The van der Waals surface area contributed by atoms with Crippen molar-refractivity contribution in [3.63, 3.8) is 0 Å². The second kappa shape index (κ2) is 5.20. The molecule has 0 bridgehead atoms. The number of nitrogens with zero attached hydrogens (tertiary/aromatic N) is 1. The summed E-state index contributed by atoms with van der Waals surface area (Å²) in [7, 11) is 1.23. The van der Waals surface area contributed by atoms with E-state index in [2.05, 4.69) is 4.74 Å². The maximum Gasteiger partial charge on any atom is 0.336 e. The zero-order valence-electron chi connectivity index (χ0n) is 10.0. The van der Waals surface area contributed by atoms with Crippen molar-refractivity contribution in [1.29, 1.82) is 0 Å². The molecule has 96 valence electrons. The lowest BCUT2D eigenvalue weighted by Gasteiger charge is -2.13. The zero-order chi connectivity index (χ0) is 13.1. The number of carbonyl (C=O) groups excluding carboxylic acids is 1. The first kappa shape index (κ1) is 12.6. The first-order chi connectivity index (χ1) is 8.67. The smallest absolute Gasteiger partial charge is 0.336 e. The van der Waals surface area contributed by atoms with E-state index in [9.17, 15) is 15.0 Å². The van der Waals surface area contributed by atoms with Crippen LogP contribution in [-0.2, 0) is 22.7 Å². The number of rotatable bonds is 4. The number of fused-ring (bicyclic) bond motifs is 1. The van der Waals surface area contributed by atoms with Crippen molar-refractivity contribution in [3.05, 3.63) is 36.0 Å². The number of aromatic nitrogens is 1. The number of carbonyl (C=O) groups is 1. The largest absolute Gasteiger partial charge is 0.467 e. The summed E-state index contributed by atoms with van der Waals surface area (Å²) in [5, 5.41) is 20.0. The molecule has 2 rings (SSSR count). The average molecular weight is 249 g/mol. The molecule has 1 atom stereocenters. The van der Waals surface area contributed by atoms with Crippen LogP contribution in [0.25, 0.3) is 10.9 Å². The predicted octanol–water partition coefficient (Wildman–Crippen LogP) is 0.667. The number of benzene rings is 1. The summed E-state index contributed by atoms with van der Waals surface area (Å²) in [6.45, 7) is -0.0847. The molecule has 1 heterocycles. The van der Waals surface area contributed by atoms with Gasteiger partial charge in [0.25, 0.3) is 0 Å². The number of aliphatic hydroxyl groups excluding tert-OH is 2. The highest BCUT2D eigenvalue weighted by Gasteiger charge is 2.18. The van der Waals surface area contributed by atoms with Gasteiger partial charge < -0.3 is 19.5 Å². The van der Waals surface area contributed by atoms with Crippen LogP contribution in [0.1, 0.15) is 5.69 Å². The minimum atomic E-state index is -1.24. The Morgan fingerprint density at radius 3 is 2.83 bits per heavy atom. The molecule has 0 aliphatic carbocycles. The topological polar surface area (TPSA) is 71.7 Å². The Labute approximate surface area is 104 Å². The van der Waals surface area contributed by atoms with Gasteiger partial charge in [-0.2, -0.15) is 0 Å². The van der Waals surface area contributed by atoms with E-state index in [1.54, 1.807) is 4.57 Å². The van der Waals surface area contributed by atoms with E-state index in [4.69, 9.17) is 0 Å². The van der Waals surface area contributed by atoms with Crippen molar-refractivity contribution in [2.24, 2.45) is 0 Å². The van der Waals surface area contributed by atoms with E-state index in [1.165, 1.54) is 7.11 Å². The lowest BCUT2D eigenvalue weighted by atomic mass is 10.2. The highest BCUT2D eigenvalue weighted by Crippen LogP contribution is 2.20. The number of esters is 1. The van der Waals surface area contributed by atoms with Crippen LogP contribution in [0, 0.1) is 0 Å². The number of ether oxygens (including phenoxy) is 1. The molecule has 5 nitrogen and oxygen atoms in total. The summed E-state index contributed by atoms with van der Waals surface area (Å²) in [6, 6.07) is 9.38. The van der Waals surface area contributed by atoms with Crippen molar-refractivity contribution < 1.29 is 19.7 Å². The average Bonchev–Trinajstić information content (AvgIpc) is 2.76. The number of para-hydroxylation sites is 1. The third-order valence-electron chi connectivity index (χ3n) is 2.89. The van der Waals surface area contributed by atoms with Gasteiger partial charge in [-0.05, 0) is 17.5 Å². The normalized spacial score (nSPS) is 12.6. The molecule has 0 saturated carbocycles. The van der Waals surface area contributed by atoms with E-state index in [0.717, 1.165) is 10.9 Å². The SMILES string of the molecule is COC(=O)C(O)Cn1c(CO)cc2ccccc21. The molecule has 5 heteroatoms. The Kier molecular flexibility index (Phi) is 3.64. The molecule has 1 aromatic carbocycles. The fourth-order valence-corrected chi connectivity index (χ4v) is 2.00. The summed E-state index contributed by atoms with van der Waals surface area (Å²) < 4.78 is 6.20. The van der Waals surface area contributed by atoms with E-state index in [1.807, 2.05) is 30.3 Å². The second-order valence-corrected chi connectivity index (χ2v) is 4.00. The van der Waals surface area contributed by atoms with Crippen molar-refractivity contribution in [1.82, 2.24) is 4.57 Å². The van der Waals surface area contributed by atoms with Crippen LogP contribution in [0.2, 0.25) is 0 Å². The molecule has 18 heavy (non-hydrogen) atoms. The summed E-state index contributed by atoms with van der Waals surface area (Å²) >= 11 is 0. The lowest BCUT2D eigenvalue weighted by Crippen LogP contribution is -2.27.